The van der Waals surface area contributed by atoms with Gasteiger partial charge in [0.1, 0.15) is 4.88 Å². The molecular formula is C10H12N4O3S. The fourth-order valence-corrected chi connectivity index (χ4v) is 2.27. The number of hydrogen-bond donors (Lipinski definition) is 2. The van der Waals surface area contributed by atoms with Gasteiger partial charge < -0.3 is 20.3 Å². The molecule has 0 saturated carbocycles. The molecule has 96 valence electrons. The molecule has 0 amide bonds. The van der Waals surface area contributed by atoms with Gasteiger partial charge in [0.15, 0.2) is 6.33 Å². The van der Waals surface area contributed by atoms with Crippen molar-refractivity contribution in [2.75, 3.05) is 24.7 Å². The first-order valence-corrected chi connectivity index (χ1v) is 5.99. The van der Waals surface area contributed by atoms with E-state index in [1.54, 1.807) is 6.07 Å². The number of nitrogens with zero attached hydrogens (tertiary/aromatic N) is 2. The third kappa shape index (κ3) is 2.77. The van der Waals surface area contributed by atoms with Crippen molar-refractivity contribution in [3.8, 4) is 0 Å². The number of hydrogen-bond acceptors (Lipinski definition) is 8. The molecule has 0 saturated heterocycles. The molecule has 0 radical (unpaired) electrons. The second-order valence-electron chi connectivity index (χ2n) is 3.40. The number of thiophene rings is 1. The SMILES string of the molecule is COC(=O)c1sc(NCCc2ncno2)cc1N. The van der Waals surface area contributed by atoms with E-state index >= 15 is 0 Å². The predicted molar refractivity (Wildman–Crippen MR) is 66.6 cm³/mol. The number of methoxy groups -OCH3 is 1. The highest BCUT2D eigenvalue weighted by Crippen LogP contribution is 2.29. The molecule has 0 spiro atoms. The largest absolute Gasteiger partial charge is 0.465 e. The minimum absolute atomic E-state index is 0.401. The van der Waals surface area contributed by atoms with Crippen LogP contribution in [0.15, 0.2) is 16.9 Å². The maximum atomic E-state index is 11.4. The van der Waals surface area contributed by atoms with Crippen molar-refractivity contribution >= 4 is 28.0 Å². The molecule has 7 nitrogen and oxygen atoms in total. The van der Waals surface area contributed by atoms with Crippen LogP contribution < -0.4 is 11.1 Å². The monoisotopic (exact) mass is 268 g/mol. The molecule has 0 aromatic carbocycles. The smallest absolute Gasteiger partial charge is 0.350 e. The molecule has 0 aliphatic rings. The molecular weight excluding hydrogens is 256 g/mol. The van der Waals surface area contributed by atoms with Gasteiger partial charge in [-0.3, -0.25) is 0 Å². The Balaban J connectivity index is 1.92. The topological polar surface area (TPSA) is 103 Å². The number of ether oxygens (including phenoxy) is 1. The summed E-state index contributed by atoms with van der Waals surface area (Å²) < 4.78 is 9.48. The van der Waals surface area contributed by atoms with Crippen molar-refractivity contribution in [2.24, 2.45) is 0 Å². The lowest BCUT2D eigenvalue weighted by atomic mass is 10.4. The highest BCUT2D eigenvalue weighted by Gasteiger charge is 2.14. The fourth-order valence-electron chi connectivity index (χ4n) is 1.34. The van der Waals surface area contributed by atoms with E-state index in [-0.39, 0.29) is 0 Å². The first kappa shape index (κ1) is 12.4. The number of esters is 1. The Morgan fingerprint density at radius 1 is 1.67 bits per heavy atom. The number of anilines is 2. The number of nitrogen functional groups attached to an aromatic ring is 1. The van der Waals surface area contributed by atoms with Gasteiger partial charge in [-0.05, 0) is 6.07 Å². The van der Waals surface area contributed by atoms with Crippen LogP contribution >= 0.6 is 11.3 Å². The summed E-state index contributed by atoms with van der Waals surface area (Å²) in [6.45, 7) is 0.614. The van der Waals surface area contributed by atoms with Crippen LogP contribution in [0.4, 0.5) is 10.7 Å². The van der Waals surface area contributed by atoms with Gasteiger partial charge in [-0.2, -0.15) is 4.98 Å². The van der Waals surface area contributed by atoms with Gasteiger partial charge in [0.2, 0.25) is 5.89 Å². The molecule has 2 rings (SSSR count). The van der Waals surface area contributed by atoms with Crippen molar-refractivity contribution in [3.63, 3.8) is 0 Å². The van der Waals surface area contributed by atoms with E-state index in [1.165, 1.54) is 24.8 Å². The molecule has 0 bridgehead atoms. The van der Waals surface area contributed by atoms with E-state index in [2.05, 4.69) is 20.2 Å². The number of aromatic nitrogens is 2. The third-order valence-corrected chi connectivity index (χ3v) is 3.27. The number of nitrogens with two attached hydrogens (primary N) is 1. The third-order valence-electron chi connectivity index (χ3n) is 2.18. The van der Waals surface area contributed by atoms with Gasteiger partial charge >= 0.3 is 5.97 Å². The zero-order valence-electron chi connectivity index (χ0n) is 9.67. The summed E-state index contributed by atoms with van der Waals surface area (Å²) in [5.41, 5.74) is 6.12. The number of carbonyl (C=O) groups is 1. The zero-order chi connectivity index (χ0) is 13.0. The lowest BCUT2D eigenvalue weighted by Crippen LogP contribution is -2.03. The molecule has 0 unspecified atom stereocenters. The summed E-state index contributed by atoms with van der Waals surface area (Å²) in [5, 5.41) is 7.43. The molecule has 0 aliphatic heterocycles. The molecule has 0 atom stereocenters. The minimum atomic E-state index is -0.428. The van der Waals surface area contributed by atoms with Gasteiger partial charge in [0, 0.05) is 13.0 Å². The van der Waals surface area contributed by atoms with Gasteiger partial charge in [-0.25, -0.2) is 4.79 Å². The predicted octanol–water partition coefficient (Wildman–Crippen LogP) is 1.15. The van der Waals surface area contributed by atoms with Crippen LogP contribution in [0.5, 0.6) is 0 Å². The van der Waals surface area contributed by atoms with Crippen LogP contribution in [0.25, 0.3) is 0 Å². The Morgan fingerprint density at radius 3 is 3.17 bits per heavy atom. The second-order valence-corrected chi connectivity index (χ2v) is 4.45. The zero-order valence-corrected chi connectivity index (χ0v) is 10.5. The van der Waals surface area contributed by atoms with Gasteiger partial charge in [0.05, 0.1) is 17.8 Å². The van der Waals surface area contributed by atoms with E-state index in [0.29, 0.717) is 29.4 Å². The van der Waals surface area contributed by atoms with Crippen LogP contribution in [0.2, 0.25) is 0 Å². The standard InChI is InChI=1S/C10H12N4O3S/c1-16-10(15)9-6(11)4-8(18-9)12-3-2-7-13-5-14-17-7/h4-5,12H,2-3,11H2,1H3. The highest BCUT2D eigenvalue weighted by atomic mass is 32.1. The van der Waals surface area contributed by atoms with E-state index in [9.17, 15) is 4.79 Å². The van der Waals surface area contributed by atoms with E-state index in [1.807, 2.05) is 0 Å². The summed E-state index contributed by atoms with van der Waals surface area (Å²) in [5.74, 6) is 0.127. The normalized spacial score (nSPS) is 10.3. The molecule has 0 fully saturated rings. The van der Waals surface area contributed by atoms with Crippen molar-refractivity contribution in [1.29, 1.82) is 0 Å². The Bertz CT molecular complexity index is 523. The maximum absolute atomic E-state index is 11.4. The average molecular weight is 268 g/mol. The fraction of sp³-hybridized carbons (Fsp3) is 0.300. The Morgan fingerprint density at radius 2 is 2.50 bits per heavy atom. The lowest BCUT2D eigenvalue weighted by Gasteiger charge is -1.99. The van der Waals surface area contributed by atoms with Crippen molar-refractivity contribution in [1.82, 2.24) is 10.1 Å². The van der Waals surface area contributed by atoms with Crippen molar-refractivity contribution in [3.05, 3.63) is 23.2 Å². The summed E-state index contributed by atoms with van der Waals surface area (Å²) in [4.78, 5) is 15.7. The van der Waals surface area contributed by atoms with Crippen molar-refractivity contribution < 1.29 is 14.1 Å². The summed E-state index contributed by atoms with van der Waals surface area (Å²) >= 11 is 1.25. The average Bonchev–Trinajstić information content (AvgIpc) is 2.98. The quantitative estimate of drug-likeness (QED) is 0.784. The van der Waals surface area contributed by atoms with Crippen LogP contribution in [0.3, 0.4) is 0 Å². The van der Waals surface area contributed by atoms with Crippen LogP contribution in [0.1, 0.15) is 15.6 Å². The van der Waals surface area contributed by atoms with E-state index < -0.39 is 5.97 Å². The highest BCUT2D eigenvalue weighted by molar-refractivity contribution is 7.18. The first-order valence-electron chi connectivity index (χ1n) is 5.17. The number of carbonyl (C=O) groups excluding carboxylic acids is 1. The van der Waals surface area contributed by atoms with Gasteiger partial charge in [0.25, 0.3) is 0 Å². The minimum Gasteiger partial charge on any atom is -0.465 e. The molecule has 18 heavy (non-hydrogen) atoms. The number of nitrogens with one attached hydrogen (secondary N) is 1. The first-order chi connectivity index (χ1) is 8.70. The lowest BCUT2D eigenvalue weighted by molar-refractivity contribution is 0.0607. The molecule has 2 aromatic heterocycles. The summed E-state index contributed by atoms with van der Waals surface area (Å²) in [7, 11) is 1.32. The molecule has 0 aliphatic carbocycles. The Labute approximate surface area is 107 Å². The number of rotatable bonds is 5. The summed E-state index contributed by atoms with van der Waals surface area (Å²) in [6.07, 6.45) is 1.96. The van der Waals surface area contributed by atoms with Gasteiger partial charge in [-0.15, -0.1) is 11.3 Å². The van der Waals surface area contributed by atoms with Gasteiger partial charge in [-0.1, -0.05) is 5.16 Å². The maximum Gasteiger partial charge on any atom is 0.350 e. The van der Waals surface area contributed by atoms with E-state index in [4.69, 9.17) is 10.3 Å². The summed E-state index contributed by atoms with van der Waals surface area (Å²) in [6, 6.07) is 1.70. The molecule has 2 aromatic rings. The van der Waals surface area contributed by atoms with E-state index in [0.717, 1.165) is 5.00 Å². The van der Waals surface area contributed by atoms with Crippen LogP contribution in [-0.2, 0) is 11.2 Å². The molecule has 3 N–H and O–H groups in total. The Hall–Kier alpha value is -2.09. The van der Waals surface area contributed by atoms with Crippen LogP contribution in [-0.4, -0.2) is 29.8 Å². The molecule has 8 heteroatoms. The van der Waals surface area contributed by atoms with Crippen LogP contribution in [0, 0.1) is 0 Å². The molecule has 2 heterocycles. The second kappa shape index (κ2) is 5.50. The Kier molecular flexibility index (Phi) is 3.78. The van der Waals surface area contributed by atoms with Crippen molar-refractivity contribution in [2.45, 2.75) is 6.42 Å².